The summed E-state index contributed by atoms with van der Waals surface area (Å²) < 4.78 is 7.72. The molecule has 4 heteroatoms. The van der Waals surface area contributed by atoms with E-state index in [0.717, 1.165) is 23.6 Å². The van der Waals surface area contributed by atoms with E-state index in [0.29, 0.717) is 6.61 Å². The smallest absolute Gasteiger partial charge is 0.119 e. The minimum Gasteiger partial charge on any atom is -0.493 e. The molecular weight excluding hydrogens is 226 g/mol. The Bertz CT molecular complexity index is 505. The molecule has 18 heavy (non-hydrogen) atoms. The predicted molar refractivity (Wildman–Crippen MR) is 71.5 cm³/mol. The van der Waals surface area contributed by atoms with Gasteiger partial charge in [0.25, 0.3) is 0 Å². The number of aryl methyl sites for hydroxylation is 1. The van der Waals surface area contributed by atoms with Crippen molar-refractivity contribution in [2.24, 2.45) is 12.8 Å². The first-order valence-corrected chi connectivity index (χ1v) is 6.11. The first-order valence-electron chi connectivity index (χ1n) is 6.11. The molecule has 0 saturated carbocycles. The molecule has 1 atom stereocenters. The molecule has 0 aliphatic carbocycles. The van der Waals surface area contributed by atoms with E-state index in [4.69, 9.17) is 10.5 Å². The van der Waals surface area contributed by atoms with Crippen LogP contribution < -0.4 is 10.5 Å². The average Bonchev–Trinajstić information content (AvgIpc) is 2.76. The van der Waals surface area contributed by atoms with Crippen LogP contribution in [0.2, 0.25) is 0 Å². The lowest BCUT2D eigenvalue weighted by molar-refractivity contribution is 0.317. The highest BCUT2D eigenvalue weighted by molar-refractivity contribution is 5.30. The molecule has 2 N–H and O–H groups in total. The molecular formula is C14H19N3O. The van der Waals surface area contributed by atoms with Gasteiger partial charge in [0.05, 0.1) is 6.61 Å². The van der Waals surface area contributed by atoms with E-state index in [1.54, 1.807) is 6.20 Å². The zero-order valence-electron chi connectivity index (χ0n) is 10.8. The second-order valence-corrected chi connectivity index (χ2v) is 4.41. The van der Waals surface area contributed by atoms with E-state index in [1.807, 2.05) is 49.0 Å². The van der Waals surface area contributed by atoms with Crippen molar-refractivity contribution in [2.75, 3.05) is 6.61 Å². The summed E-state index contributed by atoms with van der Waals surface area (Å²) in [7, 11) is 1.99. The van der Waals surface area contributed by atoms with E-state index >= 15 is 0 Å². The van der Waals surface area contributed by atoms with E-state index in [-0.39, 0.29) is 6.04 Å². The van der Waals surface area contributed by atoms with Gasteiger partial charge in [0, 0.05) is 31.9 Å². The fourth-order valence-corrected chi connectivity index (χ4v) is 1.79. The fourth-order valence-electron chi connectivity index (χ4n) is 1.79. The highest BCUT2D eigenvalue weighted by atomic mass is 16.5. The van der Waals surface area contributed by atoms with Crippen LogP contribution in [-0.2, 0) is 13.5 Å². The Morgan fingerprint density at radius 2 is 2.28 bits per heavy atom. The average molecular weight is 245 g/mol. The molecule has 0 fully saturated rings. The normalized spacial score (nSPS) is 12.4. The molecule has 0 saturated heterocycles. The molecule has 0 bridgehead atoms. The minimum absolute atomic E-state index is 0.0306. The third-order valence-corrected chi connectivity index (χ3v) is 2.90. The number of hydrogen-bond acceptors (Lipinski definition) is 3. The van der Waals surface area contributed by atoms with Crippen LogP contribution in [0.1, 0.15) is 24.4 Å². The van der Waals surface area contributed by atoms with Crippen LogP contribution in [0.25, 0.3) is 0 Å². The second kappa shape index (κ2) is 5.69. The fraction of sp³-hybridized carbons (Fsp3) is 0.357. The Labute approximate surface area is 107 Å². The van der Waals surface area contributed by atoms with Crippen molar-refractivity contribution in [3.05, 3.63) is 48.0 Å². The van der Waals surface area contributed by atoms with Crippen molar-refractivity contribution < 1.29 is 4.74 Å². The van der Waals surface area contributed by atoms with Crippen molar-refractivity contribution in [2.45, 2.75) is 19.4 Å². The topological polar surface area (TPSA) is 53.1 Å². The summed E-state index contributed by atoms with van der Waals surface area (Å²) >= 11 is 0. The lowest BCUT2D eigenvalue weighted by Crippen LogP contribution is -2.08. The van der Waals surface area contributed by atoms with Gasteiger partial charge >= 0.3 is 0 Å². The van der Waals surface area contributed by atoms with Gasteiger partial charge in [0.15, 0.2) is 0 Å². The number of benzene rings is 1. The molecule has 96 valence electrons. The molecule has 0 amide bonds. The predicted octanol–water partition coefficient (Wildman–Crippen LogP) is 2.06. The van der Waals surface area contributed by atoms with Gasteiger partial charge in [0.2, 0.25) is 0 Å². The van der Waals surface area contributed by atoms with Crippen LogP contribution in [0.4, 0.5) is 0 Å². The first-order chi connectivity index (χ1) is 8.66. The standard InChI is InChI=1S/C14H19N3O/c1-11(15)12-4-3-5-13(10-12)18-9-6-14-16-7-8-17(14)2/h3-5,7-8,10-11H,6,9,15H2,1-2H3/t11-/m1/s1. The van der Waals surface area contributed by atoms with E-state index in [9.17, 15) is 0 Å². The molecule has 0 spiro atoms. The Morgan fingerprint density at radius 1 is 1.44 bits per heavy atom. The van der Waals surface area contributed by atoms with Gasteiger partial charge in [-0.15, -0.1) is 0 Å². The molecule has 0 aliphatic heterocycles. The molecule has 2 rings (SSSR count). The number of imidazole rings is 1. The summed E-state index contributed by atoms with van der Waals surface area (Å²) in [6.45, 7) is 2.58. The van der Waals surface area contributed by atoms with Crippen molar-refractivity contribution in [1.29, 1.82) is 0 Å². The van der Waals surface area contributed by atoms with Gasteiger partial charge in [-0.25, -0.2) is 4.98 Å². The van der Waals surface area contributed by atoms with Crippen LogP contribution in [-0.4, -0.2) is 16.2 Å². The van der Waals surface area contributed by atoms with Crippen molar-refractivity contribution >= 4 is 0 Å². The lowest BCUT2D eigenvalue weighted by atomic mass is 10.1. The van der Waals surface area contributed by atoms with Crippen LogP contribution in [0.3, 0.4) is 0 Å². The number of nitrogens with two attached hydrogens (primary N) is 1. The maximum Gasteiger partial charge on any atom is 0.119 e. The van der Waals surface area contributed by atoms with Gasteiger partial charge in [-0.1, -0.05) is 12.1 Å². The van der Waals surface area contributed by atoms with E-state index < -0.39 is 0 Å². The number of nitrogens with zero attached hydrogens (tertiary/aromatic N) is 2. The van der Waals surface area contributed by atoms with Gasteiger partial charge in [0.1, 0.15) is 11.6 Å². The second-order valence-electron chi connectivity index (χ2n) is 4.41. The highest BCUT2D eigenvalue weighted by Gasteiger charge is 2.02. The maximum atomic E-state index is 5.84. The van der Waals surface area contributed by atoms with Crippen LogP contribution in [0.5, 0.6) is 5.75 Å². The van der Waals surface area contributed by atoms with Crippen molar-refractivity contribution in [3.63, 3.8) is 0 Å². The Balaban J connectivity index is 1.90. The monoisotopic (exact) mass is 245 g/mol. The summed E-state index contributed by atoms with van der Waals surface area (Å²) in [5.41, 5.74) is 6.93. The molecule has 0 unspecified atom stereocenters. The van der Waals surface area contributed by atoms with Gasteiger partial charge in [-0.2, -0.15) is 0 Å². The summed E-state index contributed by atoms with van der Waals surface area (Å²) in [4.78, 5) is 4.26. The Kier molecular flexibility index (Phi) is 3.99. The van der Waals surface area contributed by atoms with Crippen LogP contribution >= 0.6 is 0 Å². The summed E-state index contributed by atoms with van der Waals surface area (Å²) in [5, 5.41) is 0. The SMILES string of the molecule is C[C@@H](N)c1cccc(OCCc2nccn2C)c1. The van der Waals surface area contributed by atoms with Crippen LogP contribution in [0, 0.1) is 0 Å². The highest BCUT2D eigenvalue weighted by Crippen LogP contribution is 2.17. The molecule has 1 aromatic carbocycles. The quantitative estimate of drug-likeness (QED) is 0.877. The molecule has 0 aliphatic rings. The molecule has 1 heterocycles. The van der Waals surface area contributed by atoms with Gasteiger partial charge < -0.3 is 15.0 Å². The van der Waals surface area contributed by atoms with Crippen LogP contribution in [0.15, 0.2) is 36.7 Å². The molecule has 0 radical (unpaired) electrons. The summed E-state index contributed by atoms with van der Waals surface area (Å²) in [6.07, 6.45) is 4.53. The maximum absolute atomic E-state index is 5.84. The Hall–Kier alpha value is -1.81. The summed E-state index contributed by atoms with van der Waals surface area (Å²) in [5.74, 6) is 1.89. The third-order valence-electron chi connectivity index (χ3n) is 2.90. The largest absolute Gasteiger partial charge is 0.493 e. The lowest BCUT2D eigenvalue weighted by Gasteiger charge is -2.10. The third kappa shape index (κ3) is 3.11. The first kappa shape index (κ1) is 12.6. The molecule has 2 aromatic rings. The van der Waals surface area contributed by atoms with Crippen molar-refractivity contribution in [1.82, 2.24) is 9.55 Å². The zero-order valence-corrected chi connectivity index (χ0v) is 10.8. The Morgan fingerprint density at radius 3 is 2.94 bits per heavy atom. The number of hydrogen-bond donors (Lipinski definition) is 1. The zero-order chi connectivity index (χ0) is 13.0. The minimum atomic E-state index is 0.0306. The van der Waals surface area contributed by atoms with E-state index in [2.05, 4.69) is 4.98 Å². The number of aromatic nitrogens is 2. The molecule has 1 aromatic heterocycles. The van der Waals surface area contributed by atoms with Crippen molar-refractivity contribution in [3.8, 4) is 5.75 Å². The number of rotatable bonds is 5. The van der Waals surface area contributed by atoms with Gasteiger partial charge in [-0.05, 0) is 24.6 Å². The summed E-state index contributed by atoms with van der Waals surface area (Å²) in [6, 6.07) is 7.95. The van der Waals surface area contributed by atoms with E-state index in [1.165, 1.54) is 0 Å². The number of ether oxygens (including phenoxy) is 1. The van der Waals surface area contributed by atoms with Gasteiger partial charge in [-0.3, -0.25) is 0 Å². The molecule has 4 nitrogen and oxygen atoms in total.